The number of halogens is 3. The fraction of sp³-hybridized carbons (Fsp3) is 0.407. The molecule has 31 heavy (non-hydrogen) atoms. The summed E-state index contributed by atoms with van der Waals surface area (Å²) >= 11 is 0. The van der Waals surface area contributed by atoms with Crippen molar-refractivity contribution in [3.05, 3.63) is 76.4 Å². The number of para-hydroxylation sites is 1. The molecule has 0 radical (unpaired) electrons. The van der Waals surface area contributed by atoms with E-state index < -0.39 is 11.7 Å². The number of allylic oxidation sites excluding steroid dienone is 4. The van der Waals surface area contributed by atoms with Gasteiger partial charge in [-0.15, -0.1) is 0 Å². The van der Waals surface area contributed by atoms with E-state index in [4.69, 9.17) is 0 Å². The summed E-state index contributed by atoms with van der Waals surface area (Å²) in [5.74, 6) is 0. The Labute approximate surface area is 184 Å². The number of hydrogen-bond donors (Lipinski definition) is 1. The van der Waals surface area contributed by atoms with Gasteiger partial charge in [-0.3, -0.25) is 0 Å². The van der Waals surface area contributed by atoms with Gasteiger partial charge < -0.3 is 5.32 Å². The van der Waals surface area contributed by atoms with Gasteiger partial charge in [0, 0.05) is 11.4 Å². The normalized spacial score (nSPS) is 15.2. The van der Waals surface area contributed by atoms with E-state index in [0.717, 1.165) is 40.9 Å². The minimum atomic E-state index is -4.32. The van der Waals surface area contributed by atoms with E-state index in [-0.39, 0.29) is 5.41 Å². The lowest BCUT2D eigenvalue weighted by Crippen LogP contribution is -2.16. The monoisotopic (exact) mass is 427 g/mol. The predicted molar refractivity (Wildman–Crippen MR) is 125 cm³/mol. The number of nitrogens with one attached hydrogen (secondary N) is 1. The van der Waals surface area contributed by atoms with Crippen LogP contribution in [0.15, 0.2) is 59.7 Å². The zero-order valence-corrected chi connectivity index (χ0v) is 19.1. The van der Waals surface area contributed by atoms with Crippen molar-refractivity contribution in [2.75, 3.05) is 5.32 Å². The van der Waals surface area contributed by atoms with Crippen LogP contribution >= 0.6 is 0 Å². The molecule has 166 valence electrons. The molecule has 2 aromatic rings. The molecule has 2 aromatic carbocycles. The standard InChI is InChI=1S/C27H32F3N/c1-6-11-21-20(19-12-9-15-22(18(19)2)27(28,29)30)13-10-17-24(21)31-25-16-8-7-14-23(25)26(3,4)5/h7-8,10,13-17,31H,6,9,11-12H2,1-5H3. The number of hydrogen-bond acceptors (Lipinski definition) is 1. The number of rotatable bonds is 5. The first-order valence-electron chi connectivity index (χ1n) is 11.0. The largest absolute Gasteiger partial charge is 0.416 e. The maximum atomic E-state index is 13.5. The third kappa shape index (κ3) is 5.06. The molecule has 1 nitrogen and oxygen atoms in total. The first kappa shape index (κ1) is 23.2. The van der Waals surface area contributed by atoms with Crippen molar-refractivity contribution >= 4 is 16.9 Å². The highest BCUT2D eigenvalue weighted by Crippen LogP contribution is 2.42. The topological polar surface area (TPSA) is 12.0 Å². The van der Waals surface area contributed by atoms with E-state index in [0.29, 0.717) is 18.4 Å². The SMILES string of the molecule is CCCc1c(Nc2ccccc2C(C)(C)C)cccc1C1=C(C)C(C(F)(F)F)=CCC1. The Kier molecular flexibility index (Phi) is 6.68. The summed E-state index contributed by atoms with van der Waals surface area (Å²) in [6.07, 6.45) is -0.219. The first-order chi connectivity index (χ1) is 14.5. The van der Waals surface area contributed by atoms with Gasteiger partial charge >= 0.3 is 6.18 Å². The molecule has 0 atom stereocenters. The Morgan fingerprint density at radius 2 is 1.61 bits per heavy atom. The fourth-order valence-electron chi connectivity index (χ4n) is 4.43. The Bertz CT molecular complexity index is 1000. The van der Waals surface area contributed by atoms with Crippen molar-refractivity contribution in [2.24, 2.45) is 0 Å². The van der Waals surface area contributed by atoms with Crippen LogP contribution in [0.4, 0.5) is 24.5 Å². The van der Waals surface area contributed by atoms with Crippen molar-refractivity contribution in [2.45, 2.75) is 71.9 Å². The van der Waals surface area contributed by atoms with Gasteiger partial charge in [0.25, 0.3) is 0 Å². The molecule has 4 heteroatoms. The molecule has 0 heterocycles. The molecule has 0 saturated heterocycles. The van der Waals surface area contributed by atoms with Gasteiger partial charge in [-0.2, -0.15) is 13.2 Å². The van der Waals surface area contributed by atoms with Crippen LogP contribution in [-0.2, 0) is 11.8 Å². The molecule has 1 aliphatic carbocycles. The van der Waals surface area contributed by atoms with Crippen molar-refractivity contribution < 1.29 is 13.2 Å². The van der Waals surface area contributed by atoms with Crippen LogP contribution in [0.2, 0.25) is 0 Å². The van der Waals surface area contributed by atoms with Gasteiger partial charge in [0.2, 0.25) is 0 Å². The van der Waals surface area contributed by atoms with E-state index >= 15 is 0 Å². The number of alkyl halides is 3. The molecule has 0 aromatic heterocycles. The quantitative estimate of drug-likeness (QED) is 0.503. The summed E-state index contributed by atoms with van der Waals surface area (Å²) in [6.45, 7) is 10.2. The number of anilines is 2. The molecule has 0 aliphatic heterocycles. The molecule has 0 spiro atoms. The summed E-state index contributed by atoms with van der Waals surface area (Å²) in [6, 6.07) is 14.2. The highest BCUT2D eigenvalue weighted by Gasteiger charge is 2.36. The Balaban J connectivity index is 2.11. The van der Waals surface area contributed by atoms with Crippen LogP contribution < -0.4 is 5.32 Å². The average molecular weight is 428 g/mol. The van der Waals surface area contributed by atoms with Crippen LogP contribution in [0.1, 0.15) is 70.6 Å². The molecule has 0 unspecified atom stereocenters. The fourth-order valence-corrected chi connectivity index (χ4v) is 4.43. The summed E-state index contributed by atoms with van der Waals surface area (Å²) in [4.78, 5) is 0. The van der Waals surface area contributed by atoms with Crippen LogP contribution in [0, 0.1) is 0 Å². The molecule has 0 fully saturated rings. The maximum absolute atomic E-state index is 13.5. The minimum Gasteiger partial charge on any atom is -0.355 e. The second kappa shape index (κ2) is 8.94. The second-order valence-corrected chi connectivity index (χ2v) is 9.26. The van der Waals surface area contributed by atoms with Crippen LogP contribution in [0.3, 0.4) is 0 Å². The highest BCUT2D eigenvalue weighted by atomic mass is 19.4. The maximum Gasteiger partial charge on any atom is 0.416 e. The molecule has 0 saturated carbocycles. The highest BCUT2D eigenvalue weighted by molar-refractivity contribution is 5.80. The van der Waals surface area contributed by atoms with E-state index in [1.807, 2.05) is 30.3 Å². The Hall–Kier alpha value is -2.49. The number of benzene rings is 2. The van der Waals surface area contributed by atoms with E-state index in [9.17, 15) is 13.2 Å². The van der Waals surface area contributed by atoms with Crippen molar-refractivity contribution in [3.63, 3.8) is 0 Å². The summed E-state index contributed by atoms with van der Waals surface area (Å²) < 4.78 is 40.6. The Morgan fingerprint density at radius 3 is 2.26 bits per heavy atom. The third-order valence-corrected chi connectivity index (χ3v) is 5.91. The second-order valence-electron chi connectivity index (χ2n) is 9.26. The van der Waals surface area contributed by atoms with Gasteiger partial charge in [-0.25, -0.2) is 0 Å². The van der Waals surface area contributed by atoms with Gasteiger partial charge in [-0.1, -0.05) is 70.5 Å². The zero-order valence-electron chi connectivity index (χ0n) is 19.1. The smallest absolute Gasteiger partial charge is 0.355 e. The molecule has 1 N–H and O–H groups in total. The van der Waals surface area contributed by atoms with Crippen LogP contribution in [0.25, 0.3) is 5.57 Å². The predicted octanol–water partition coefficient (Wildman–Crippen LogP) is 8.74. The van der Waals surface area contributed by atoms with Crippen molar-refractivity contribution in [3.8, 4) is 0 Å². The molecule has 3 rings (SSSR count). The zero-order chi connectivity index (χ0) is 22.8. The van der Waals surface area contributed by atoms with Crippen LogP contribution in [0.5, 0.6) is 0 Å². The van der Waals surface area contributed by atoms with Gasteiger partial charge in [0.05, 0.1) is 5.57 Å². The van der Waals surface area contributed by atoms with Crippen molar-refractivity contribution in [1.82, 2.24) is 0 Å². The third-order valence-electron chi connectivity index (χ3n) is 5.91. The lowest BCUT2D eigenvalue weighted by Gasteiger charge is -2.26. The molecule has 0 amide bonds. The molecule has 1 aliphatic rings. The summed E-state index contributed by atoms with van der Waals surface area (Å²) in [5, 5.41) is 3.61. The van der Waals surface area contributed by atoms with Gasteiger partial charge in [-0.05, 0) is 71.6 Å². The molecular weight excluding hydrogens is 395 g/mol. The van der Waals surface area contributed by atoms with E-state index in [1.54, 1.807) is 6.92 Å². The lowest BCUT2D eigenvalue weighted by molar-refractivity contribution is -0.0896. The van der Waals surface area contributed by atoms with Gasteiger partial charge in [0.1, 0.15) is 0 Å². The van der Waals surface area contributed by atoms with Crippen LogP contribution in [-0.4, -0.2) is 6.18 Å². The lowest BCUT2D eigenvalue weighted by atomic mass is 9.83. The molecular formula is C27H32F3N. The van der Waals surface area contributed by atoms with E-state index in [1.165, 1.54) is 11.6 Å². The minimum absolute atomic E-state index is 0.0268. The van der Waals surface area contributed by atoms with E-state index in [2.05, 4.69) is 45.1 Å². The summed E-state index contributed by atoms with van der Waals surface area (Å²) in [5.41, 5.74) is 5.88. The van der Waals surface area contributed by atoms with Crippen molar-refractivity contribution in [1.29, 1.82) is 0 Å². The summed E-state index contributed by atoms with van der Waals surface area (Å²) in [7, 11) is 0. The average Bonchev–Trinajstić information content (AvgIpc) is 2.68. The Morgan fingerprint density at radius 1 is 0.935 bits per heavy atom. The first-order valence-corrected chi connectivity index (χ1v) is 11.0. The molecule has 0 bridgehead atoms. The van der Waals surface area contributed by atoms with Gasteiger partial charge in [0.15, 0.2) is 0 Å².